The van der Waals surface area contributed by atoms with Gasteiger partial charge in [-0.25, -0.2) is 10.9 Å². The molecule has 0 aliphatic heterocycles. The molecule has 0 bridgehead atoms. The van der Waals surface area contributed by atoms with Gasteiger partial charge in [0.25, 0.3) is 0 Å². The largest absolute Gasteiger partial charge is 0.245 e. The molecular weight excluding hydrogens is 352 g/mol. The SMILES string of the molecule is Cc1ccc(C(NNC(c2ccccc2)c2ccccc2)c2ccccc2)cc1. The Hall–Kier alpha value is -3.20. The van der Waals surface area contributed by atoms with E-state index in [0.29, 0.717) is 0 Å². The van der Waals surface area contributed by atoms with Crippen molar-refractivity contribution < 1.29 is 0 Å². The van der Waals surface area contributed by atoms with E-state index in [2.05, 4.69) is 133 Å². The van der Waals surface area contributed by atoms with Crippen LogP contribution in [0.1, 0.15) is 39.9 Å². The molecule has 1 unspecified atom stereocenters. The van der Waals surface area contributed by atoms with Gasteiger partial charge in [-0.1, -0.05) is 121 Å². The third-order valence-corrected chi connectivity index (χ3v) is 5.18. The van der Waals surface area contributed by atoms with Gasteiger partial charge in [0.1, 0.15) is 0 Å². The van der Waals surface area contributed by atoms with E-state index in [4.69, 9.17) is 0 Å². The van der Waals surface area contributed by atoms with Gasteiger partial charge >= 0.3 is 0 Å². The summed E-state index contributed by atoms with van der Waals surface area (Å²) in [6.45, 7) is 2.12. The van der Waals surface area contributed by atoms with Crippen LogP contribution in [-0.4, -0.2) is 0 Å². The van der Waals surface area contributed by atoms with Gasteiger partial charge in [0.2, 0.25) is 0 Å². The summed E-state index contributed by atoms with van der Waals surface area (Å²) < 4.78 is 0. The van der Waals surface area contributed by atoms with E-state index >= 15 is 0 Å². The van der Waals surface area contributed by atoms with Gasteiger partial charge in [-0.3, -0.25) is 0 Å². The van der Waals surface area contributed by atoms with Crippen LogP contribution in [0, 0.1) is 6.92 Å². The molecule has 0 amide bonds. The molecule has 0 fully saturated rings. The molecule has 144 valence electrons. The van der Waals surface area contributed by atoms with E-state index in [-0.39, 0.29) is 12.1 Å². The second-order valence-electron chi connectivity index (χ2n) is 7.30. The van der Waals surface area contributed by atoms with Crippen molar-refractivity contribution in [2.24, 2.45) is 0 Å². The number of hydrogen-bond acceptors (Lipinski definition) is 2. The van der Waals surface area contributed by atoms with Crippen LogP contribution in [0.15, 0.2) is 115 Å². The summed E-state index contributed by atoms with van der Waals surface area (Å²) in [5.41, 5.74) is 13.4. The molecule has 0 heterocycles. The topological polar surface area (TPSA) is 24.1 Å². The smallest absolute Gasteiger partial charge is 0.0712 e. The third kappa shape index (κ3) is 4.80. The van der Waals surface area contributed by atoms with Crippen LogP contribution >= 0.6 is 0 Å². The molecule has 0 spiro atoms. The molecular formula is C27H26N2. The Bertz CT molecular complexity index is 957. The maximum atomic E-state index is 3.62. The summed E-state index contributed by atoms with van der Waals surface area (Å²) in [6, 6.07) is 40.5. The van der Waals surface area contributed by atoms with E-state index in [1.165, 1.54) is 27.8 Å². The molecule has 4 rings (SSSR count). The van der Waals surface area contributed by atoms with Crippen molar-refractivity contribution >= 4 is 0 Å². The first-order chi connectivity index (χ1) is 14.3. The van der Waals surface area contributed by atoms with Crippen molar-refractivity contribution in [2.75, 3.05) is 0 Å². The highest BCUT2D eigenvalue weighted by molar-refractivity contribution is 5.34. The third-order valence-electron chi connectivity index (χ3n) is 5.18. The van der Waals surface area contributed by atoms with Crippen molar-refractivity contribution in [1.82, 2.24) is 10.9 Å². The van der Waals surface area contributed by atoms with Crippen LogP contribution in [0.25, 0.3) is 0 Å². The number of hydrogen-bond donors (Lipinski definition) is 2. The number of benzene rings is 4. The van der Waals surface area contributed by atoms with Crippen LogP contribution in [0.3, 0.4) is 0 Å². The van der Waals surface area contributed by atoms with Crippen molar-refractivity contribution in [3.05, 3.63) is 143 Å². The molecule has 0 aliphatic carbocycles. The average molecular weight is 379 g/mol. The van der Waals surface area contributed by atoms with E-state index in [9.17, 15) is 0 Å². The van der Waals surface area contributed by atoms with E-state index < -0.39 is 0 Å². The normalized spacial score (nSPS) is 12.1. The second kappa shape index (κ2) is 9.33. The average Bonchev–Trinajstić information content (AvgIpc) is 2.79. The molecule has 0 aromatic heterocycles. The van der Waals surface area contributed by atoms with Gasteiger partial charge in [-0.05, 0) is 29.2 Å². The number of hydrazine groups is 1. The Morgan fingerprint density at radius 1 is 0.414 bits per heavy atom. The Morgan fingerprint density at radius 3 is 1.07 bits per heavy atom. The first-order valence-electron chi connectivity index (χ1n) is 10.0. The minimum atomic E-state index is 0.0479. The van der Waals surface area contributed by atoms with Crippen LogP contribution in [0.2, 0.25) is 0 Å². The van der Waals surface area contributed by atoms with Gasteiger partial charge in [0.15, 0.2) is 0 Å². The zero-order valence-corrected chi connectivity index (χ0v) is 16.6. The van der Waals surface area contributed by atoms with Crippen LogP contribution in [0.5, 0.6) is 0 Å². The fourth-order valence-corrected chi connectivity index (χ4v) is 3.58. The van der Waals surface area contributed by atoms with Crippen molar-refractivity contribution in [1.29, 1.82) is 0 Å². The summed E-state index contributed by atoms with van der Waals surface area (Å²) in [6.07, 6.45) is 0. The summed E-state index contributed by atoms with van der Waals surface area (Å²) >= 11 is 0. The Balaban J connectivity index is 1.64. The summed E-state index contributed by atoms with van der Waals surface area (Å²) in [5.74, 6) is 0. The lowest BCUT2D eigenvalue weighted by Crippen LogP contribution is -2.39. The van der Waals surface area contributed by atoms with Crippen LogP contribution in [0.4, 0.5) is 0 Å². The lowest BCUT2D eigenvalue weighted by molar-refractivity contribution is 0.440. The van der Waals surface area contributed by atoms with Crippen LogP contribution < -0.4 is 10.9 Å². The second-order valence-corrected chi connectivity index (χ2v) is 7.30. The summed E-state index contributed by atoms with van der Waals surface area (Å²) in [5, 5.41) is 0. The molecule has 0 saturated heterocycles. The predicted octanol–water partition coefficient (Wildman–Crippen LogP) is 5.97. The fourth-order valence-electron chi connectivity index (χ4n) is 3.58. The summed E-state index contributed by atoms with van der Waals surface area (Å²) in [7, 11) is 0. The predicted molar refractivity (Wildman–Crippen MR) is 120 cm³/mol. The van der Waals surface area contributed by atoms with Gasteiger partial charge in [-0.2, -0.15) is 0 Å². The standard InChI is InChI=1S/C27H26N2/c1-21-17-19-25(20-18-21)27(24-15-9-4-10-16-24)29-28-26(22-11-5-2-6-12-22)23-13-7-3-8-14-23/h2-20,26-29H,1H3. The first-order valence-corrected chi connectivity index (χ1v) is 10.0. The maximum absolute atomic E-state index is 3.62. The molecule has 4 aromatic rings. The molecule has 1 atom stereocenters. The molecule has 4 aromatic carbocycles. The van der Waals surface area contributed by atoms with Crippen molar-refractivity contribution in [3.63, 3.8) is 0 Å². The van der Waals surface area contributed by atoms with Gasteiger partial charge < -0.3 is 0 Å². The zero-order chi connectivity index (χ0) is 19.9. The summed E-state index contributed by atoms with van der Waals surface area (Å²) in [4.78, 5) is 0. The Labute approximate surface area is 173 Å². The minimum absolute atomic E-state index is 0.0479. The monoisotopic (exact) mass is 378 g/mol. The van der Waals surface area contributed by atoms with E-state index in [0.717, 1.165) is 0 Å². The van der Waals surface area contributed by atoms with Crippen molar-refractivity contribution in [3.8, 4) is 0 Å². The van der Waals surface area contributed by atoms with Gasteiger partial charge in [0, 0.05) is 0 Å². The Kier molecular flexibility index (Phi) is 6.16. The highest BCUT2D eigenvalue weighted by Crippen LogP contribution is 2.25. The quantitative estimate of drug-likeness (QED) is 0.387. The van der Waals surface area contributed by atoms with E-state index in [1.54, 1.807) is 0 Å². The molecule has 29 heavy (non-hydrogen) atoms. The number of aryl methyl sites for hydroxylation is 1. The molecule has 0 saturated carbocycles. The molecule has 2 N–H and O–H groups in total. The highest BCUT2D eigenvalue weighted by atomic mass is 15.4. The molecule has 0 radical (unpaired) electrons. The molecule has 2 nitrogen and oxygen atoms in total. The van der Waals surface area contributed by atoms with Crippen molar-refractivity contribution in [2.45, 2.75) is 19.0 Å². The maximum Gasteiger partial charge on any atom is 0.0712 e. The lowest BCUT2D eigenvalue weighted by atomic mass is 9.97. The first kappa shape index (κ1) is 19.1. The molecule has 0 aliphatic rings. The Morgan fingerprint density at radius 2 is 0.724 bits per heavy atom. The fraction of sp³-hybridized carbons (Fsp3) is 0.111. The van der Waals surface area contributed by atoms with Crippen LogP contribution in [-0.2, 0) is 0 Å². The highest BCUT2D eigenvalue weighted by Gasteiger charge is 2.18. The zero-order valence-electron chi connectivity index (χ0n) is 16.6. The van der Waals surface area contributed by atoms with Gasteiger partial charge in [0.05, 0.1) is 12.1 Å². The number of nitrogens with one attached hydrogen (secondary N) is 2. The van der Waals surface area contributed by atoms with E-state index in [1.807, 2.05) is 0 Å². The minimum Gasteiger partial charge on any atom is -0.245 e. The lowest BCUT2D eigenvalue weighted by Gasteiger charge is -2.26. The molecule has 2 heteroatoms. The number of rotatable bonds is 7. The van der Waals surface area contributed by atoms with Gasteiger partial charge in [-0.15, -0.1) is 0 Å².